The molecule has 0 radical (unpaired) electrons. The lowest BCUT2D eigenvalue weighted by atomic mass is 10.1. The van der Waals surface area contributed by atoms with E-state index in [9.17, 15) is 17.2 Å². The molecule has 0 saturated carbocycles. The van der Waals surface area contributed by atoms with Crippen LogP contribution in [0, 0.1) is 18.6 Å². The highest BCUT2D eigenvalue weighted by Gasteiger charge is 2.17. The first-order valence-corrected chi connectivity index (χ1v) is 7.50. The third kappa shape index (κ3) is 3.37. The summed E-state index contributed by atoms with van der Waals surface area (Å²) in [6.45, 7) is 1.41. The minimum Gasteiger partial charge on any atom is -0.392 e. The summed E-state index contributed by atoms with van der Waals surface area (Å²) in [6.07, 6.45) is 0. The van der Waals surface area contributed by atoms with Crippen molar-refractivity contribution in [1.29, 1.82) is 0 Å². The van der Waals surface area contributed by atoms with E-state index in [1.165, 1.54) is 18.2 Å². The molecule has 2 aromatic carbocycles. The van der Waals surface area contributed by atoms with Gasteiger partial charge in [-0.15, -0.1) is 0 Å². The van der Waals surface area contributed by atoms with E-state index in [0.717, 1.165) is 23.8 Å². The number of benzene rings is 2. The van der Waals surface area contributed by atoms with E-state index in [4.69, 9.17) is 5.11 Å². The van der Waals surface area contributed by atoms with Crippen molar-refractivity contribution in [1.82, 2.24) is 0 Å². The maximum atomic E-state index is 13.5. The zero-order valence-electron chi connectivity index (χ0n) is 11.1. The summed E-state index contributed by atoms with van der Waals surface area (Å²) >= 11 is 0. The standard InChI is InChI=1S/C14H13F2NO3S/c1-9-2-4-12(6-10(9)8-18)21(19,20)17-14-7-11(15)3-5-13(14)16/h2-7,17-18H,8H2,1H3. The lowest BCUT2D eigenvalue weighted by Gasteiger charge is -2.11. The predicted octanol–water partition coefficient (Wildman–Crippen LogP) is 2.57. The topological polar surface area (TPSA) is 66.4 Å². The van der Waals surface area contributed by atoms with Crippen molar-refractivity contribution < 1.29 is 22.3 Å². The molecule has 0 saturated heterocycles. The Labute approximate surface area is 121 Å². The van der Waals surface area contributed by atoms with Gasteiger partial charge in [0.15, 0.2) is 0 Å². The van der Waals surface area contributed by atoms with Crippen LogP contribution in [0.1, 0.15) is 11.1 Å². The van der Waals surface area contributed by atoms with E-state index >= 15 is 0 Å². The fourth-order valence-electron chi connectivity index (χ4n) is 1.76. The summed E-state index contributed by atoms with van der Waals surface area (Å²) in [4.78, 5) is -0.138. The lowest BCUT2D eigenvalue weighted by molar-refractivity contribution is 0.281. The van der Waals surface area contributed by atoms with Crippen LogP contribution in [-0.2, 0) is 16.6 Å². The van der Waals surface area contributed by atoms with Crippen LogP contribution in [-0.4, -0.2) is 13.5 Å². The predicted molar refractivity (Wildman–Crippen MR) is 74.3 cm³/mol. The number of aliphatic hydroxyl groups is 1. The summed E-state index contributed by atoms with van der Waals surface area (Å²) in [7, 11) is -4.07. The zero-order valence-corrected chi connectivity index (χ0v) is 11.9. The van der Waals surface area contributed by atoms with Gasteiger partial charge in [-0.25, -0.2) is 17.2 Å². The molecule has 2 aromatic rings. The molecule has 0 atom stereocenters. The highest BCUT2D eigenvalue weighted by molar-refractivity contribution is 7.92. The minimum atomic E-state index is -4.07. The van der Waals surface area contributed by atoms with Gasteiger partial charge in [0.2, 0.25) is 0 Å². The molecule has 2 rings (SSSR count). The van der Waals surface area contributed by atoms with E-state index in [0.29, 0.717) is 5.56 Å². The summed E-state index contributed by atoms with van der Waals surface area (Å²) in [6, 6.07) is 6.63. The first kappa shape index (κ1) is 15.4. The first-order valence-electron chi connectivity index (χ1n) is 6.02. The molecule has 21 heavy (non-hydrogen) atoms. The summed E-state index contributed by atoms with van der Waals surface area (Å²) in [5.41, 5.74) is 0.701. The number of aryl methyl sites for hydroxylation is 1. The van der Waals surface area contributed by atoms with Crippen molar-refractivity contribution in [3.8, 4) is 0 Å². The van der Waals surface area contributed by atoms with Gasteiger partial charge in [-0.05, 0) is 42.3 Å². The van der Waals surface area contributed by atoms with Gasteiger partial charge in [0.25, 0.3) is 10.0 Å². The van der Waals surface area contributed by atoms with Gasteiger partial charge in [-0.1, -0.05) is 6.07 Å². The molecular weight excluding hydrogens is 300 g/mol. The minimum absolute atomic E-state index is 0.138. The molecule has 7 heteroatoms. The number of hydrogen-bond acceptors (Lipinski definition) is 3. The third-order valence-corrected chi connectivity index (χ3v) is 4.34. The summed E-state index contributed by atoms with van der Waals surface area (Å²) < 4.78 is 52.9. The molecule has 0 aliphatic heterocycles. The molecule has 0 fully saturated rings. The van der Waals surface area contributed by atoms with Gasteiger partial charge in [0.05, 0.1) is 17.2 Å². The second-order valence-electron chi connectivity index (χ2n) is 4.48. The molecule has 0 heterocycles. The van der Waals surface area contributed by atoms with Crippen LogP contribution < -0.4 is 4.72 Å². The Morgan fingerprint density at radius 2 is 1.86 bits per heavy atom. The molecule has 0 spiro atoms. The number of rotatable bonds is 4. The third-order valence-electron chi connectivity index (χ3n) is 2.97. The monoisotopic (exact) mass is 313 g/mol. The molecule has 0 aliphatic carbocycles. The van der Waals surface area contributed by atoms with Gasteiger partial charge in [0.1, 0.15) is 11.6 Å². The average molecular weight is 313 g/mol. The Balaban J connectivity index is 2.41. The van der Waals surface area contributed by atoms with Crippen LogP contribution in [0.3, 0.4) is 0 Å². The molecule has 0 unspecified atom stereocenters. The fraction of sp³-hybridized carbons (Fsp3) is 0.143. The quantitative estimate of drug-likeness (QED) is 0.911. The molecule has 2 N–H and O–H groups in total. The van der Waals surface area contributed by atoms with Crippen LogP contribution in [0.2, 0.25) is 0 Å². The Morgan fingerprint density at radius 3 is 2.52 bits per heavy atom. The zero-order chi connectivity index (χ0) is 15.6. The maximum absolute atomic E-state index is 13.5. The molecule has 0 bridgehead atoms. The average Bonchev–Trinajstić information content (AvgIpc) is 2.43. The Hall–Kier alpha value is -1.99. The number of aliphatic hydroxyl groups excluding tert-OH is 1. The van der Waals surface area contributed by atoms with Crippen LogP contribution in [0.5, 0.6) is 0 Å². The Kier molecular flexibility index (Phi) is 4.24. The molecule has 0 aliphatic rings. The van der Waals surface area contributed by atoms with E-state index in [1.807, 2.05) is 4.72 Å². The largest absolute Gasteiger partial charge is 0.392 e. The lowest BCUT2D eigenvalue weighted by Crippen LogP contribution is -2.14. The van der Waals surface area contributed by atoms with Gasteiger partial charge in [-0.3, -0.25) is 4.72 Å². The van der Waals surface area contributed by atoms with Crippen molar-refractivity contribution >= 4 is 15.7 Å². The number of halogens is 2. The molecular formula is C14H13F2NO3S. The van der Waals surface area contributed by atoms with Gasteiger partial charge in [-0.2, -0.15) is 0 Å². The first-order chi connectivity index (χ1) is 9.83. The van der Waals surface area contributed by atoms with Crippen LogP contribution in [0.15, 0.2) is 41.3 Å². The smallest absolute Gasteiger partial charge is 0.261 e. The molecule has 4 nitrogen and oxygen atoms in total. The SMILES string of the molecule is Cc1ccc(S(=O)(=O)Nc2cc(F)ccc2F)cc1CO. The highest BCUT2D eigenvalue weighted by atomic mass is 32.2. The van der Waals surface area contributed by atoms with Gasteiger partial charge < -0.3 is 5.11 Å². The number of nitrogens with one attached hydrogen (secondary N) is 1. The second kappa shape index (κ2) is 5.79. The van der Waals surface area contributed by atoms with E-state index in [-0.39, 0.29) is 11.5 Å². The summed E-state index contributed by atoms with van der Waals surface area (Å²) in [5, 5.41) is 9.15. The van der Waals surface area contributed by atoms with Gasteiger partial charge >= 0.3 is 0 Å². The van der Waals surface area contributed by atoms with Crippen LogP contribution >= 0.6 is 0 Å². The van der Waals surface area contributed by atoms with E-state index in [2.05, 4.69) is 0 Å². The van der Waals surface area contributed by atoms with E-state index < -0.39 is 27.3 Å². The number of hydrogen-bond donors (Lipinski definition) is 2. The molecule has 0 amide bonds. The van der Waals surface area contributed by atoms with Crippen molar-refractivity contribution in [2.75, 3.05) is 4.72 Å². The molecule has 112 valence electrons. The van der Waals surface area contributed by atoms with Crippen LogP contribution in [0.25, 0.3) is 0 Å². The van der Waals surface area contributed by atoms with Crippen molar-refractivity contribution in [3.05, 3.63) is 59.2 Å². The van der Waals surface area contributed by atoms with Crippen molar-refractivity contribution in [3.63, 3.8) is 0 Å². The number of sulfonamides is 1. The fourth-order valence-corrected chi connectivity index (χ4v) is 2.87. The second-order valence-corrected chi connectivity index (χ2v) is 6.16. The molecule has 0 aromatic heterocycles. The van der Waals surface area contributed by atoms with Crippen LogP contribution in [0.4, 0.5) is 14.5 Å². The van der Waals surface area contributed by atoms with Gasteiger partial charge in [0, 0.05) is 6.07 Å². The Bertz CT molecular complexity index is 776. The number of anilines is 1. The Morgan fingerprint density at radius 1 is 1.14 bits per heavy atom. The van der Waals surface area contributed by atoms with Crippen molar-refractivity contribution in [2.24, 2.45) is 0 Å². The van der Waals surface area contributed by atoms with E-state index in [1.54, 1.807) is 6.92 Å². The highest BCUT2D eigenvalue weighted by Crippen LogP contribution is 2.22. The summed E-state index contributed by atoms with van der Waals surface area (Å²) in [5.74, 6) is -1.64. The maximum Gasteiger partial charge on any atom is 0.261 e. The normalized spacial score (nSPS) is 11.4. The van der Waals surface area contributed by atoms with Crippen molar-refractivity contribution in [2.45, 2.75) is 18.4 Å².